The van der Waals surface area contributed by atoms with Gasteiger partial charge in [0.2, 0.25) is 0 Å². The second-order valence-electron chi connectivity index (χ2n) is 15.4. The van der Waals surface area contributed by atoms with Gasteiger partial charge in [0, 0.05) is 34.1 Å². The molecule has 2 heteroatoms. The van der Waals surface area contributed by atoms with E-state index in [0.29, 0.717) is 0 Å². The van der Waals surface area contributed by atoms with Gasteiger partial charge in [-0.25, -0.2) is 0 Å². The van der Waals surface area contributed by atoms with Crippen LogP contribution in [0.2, 0.25) is 0 Å². The number of rotatable bonds is 11. The van der Waals surface area contributed by atoms with Gasteiger partial charge in [-0.2, -0.15) is 0 Å². The van der Waals surface area contributed by atoms with Crippen LogP contribution >= 0.6 is 0 Å². The fraction of sp³-hybridized carbons (Fsp3) is 0. The van der Waals surface area contributed by atoms with Gasteiger partial charge in [0.25, 0.3) is 0 Å². The first-order valence-electron chi connectivity index (χ1n) is 21.2. The lowest BCUT2D eigenvalue weighted by atomic mass is 9.98. The Bertz CT molecular complexity index is 2820. The van der Waals surface area contributed by atoms with Crippen molar-refractivity contribution in [2.45, 2.75) is 0 Å². The molecule has 0 unspecified atom stereocenters. The Morgan fingerprint density at radius 3 is 0.726 bits per heavy atom. The summed E-state index contributed by atoms with van der Waals surface area (Å²) < 4.78 is 0. The first-order chi connectivity index (χ1) is 30.7. The molecule has 0 saturated heterocycles. The summed E-state index contributed by atoms with van der Waals surface area (Å²) in [5.74, 6) is 0. The molecule has 0 atom stereocenters. The molecule has 10 aromatic carbocycles. The maximum absolute atomic E-state index is 2.33. The average Bonchev–Trinajstić information content (AvgIpc) is 3.36. The average molecular weight is 793 g/mol. The van der Waals surface area contributed by atoms with Crippen molar-refractivity contribution in [3.63, 3.8) is 0 Å². The number of hydrogen-bond acceptors (Lipinski definition) is 2. The van der Waals surface area contributed by atoms with Crippen LogP contribution < -0.4 is 9.80 Å². The van der Waals surface area contributed by atoms with E-state index in [1.807, 2.05) is 0 Å². The fourth-order valence-electron chi connectivity index (χ4n) is 8.32. The van der Waals surface area contributed by atoms with Gasteiger partial charge < -0.3 is 9.80 Å². The lowest BCUT2D eigenvalue weighted by Gasteiger charge is -2.27. The van der Waals surface area contributed by atoms with E-state index in [1.54, 1.807) is 0 Å². The van der Waals surface area contributed by atoms with Crippen LogP contribution in [0.15, 0.2) is 267 Å². The molecule has 10 aromatic rings. The summed E-state index contributed by atoms with van der Waals surface area (Å²) in [5.41, 5.74) is 18.5. The van der Waals surface area contributed by atoms with Gasteiger partial charge in [-0.05, 0) is 141 Å². The zero-order valence-electron chi connectivity index (χ0n) is 34.3. The lowest BCUT2D eigenvalue weighted by Crippen LogP contribution is -2.10. The molecule has 0 N–H and O–H groups in total. The van der Waals surface area contributed by atoms with E-state index < -0.39 is 0 Å². The van der Waals surface area contributed by atoms with Gasteiger partial charge in [-0.15, -0.1) is 0 Å². The second-order valence-corrected chi connectivity index (χ2v) is 15.4. The standard InChI is InChI=1S/C60H44N2/c1-5-17-45(18-6-1)49-21-13-23-51(41-49)53-25-15-31-59(43-53)61(55-27-9-3-10-28-55)57-37-33-47(34-38-57)48-35-39-58(40-36-48)62(56-29-11-4-12-30-56)60-32-16-26-54(44-60)52-24-14-22-50(42-52)46-19-7-2-8-20-46/h1-44H. The smallest absolute Gasteiger partial charge is 0.0467 e. The van der Waals surface area contributed by atoms with Gasteiger partial charge >= 0.3 is 0 Å². The SMILES string of the molecule is c1ccc(-c2cccc(-c3cccc(N(c4ccccc4)c4ccc(-c5ccc(N(c6ccccc6)c6cccc(-c7cccc(-c8ccccc8)c7)c6)cc5)cc4)c3)c2)cc1. The van der Waals surface area contributed by atoms with Crippen molar-refractivity contribution in [2.75, 3.05) is 9.80 Å². The van der Waals surface area contributed by atoms with Crippen LogP contribution in [0.25, 0.3) is 55.6 Å². The number of nitrogens with zero attached hydrogens (tertiary/aromatic N) is 2. The summed E-state index contributed by atoms with van der Waals surface area (Å²) in [4.78, 5) is 4.67. The predicted octanol–water partition coefficient (Wildman–Crippen LogP) is 17.0. The van der Waals surface area contributed by atoms with Gasteiger partial charge in [0.1, 0.15) is 0 Å². The maximum atomic E-state index is 2.33. The van der Waals surface area contributed by atoms with E-state index in [9.17, 15) is 0 Å². The molecule has 10 rings (SSSR count). The van der Waals surface area contributed by atoms with Crippen LogP contribution in [-0.4, -0.2) is 0 Å². The third-order valence-electron chi connectivity index (χ3n) is 11.4. The molecule has 0 heterocycles. The topological polar surface area (TPSA) is 6.48 Å². The Kier molecular flexibility index (Phi) is 10.8. The quantitative estimate of drug-likeness (QED) is 0.129. The van der Waals surface area contributed by atoms with Crippen molar-refractivity contribution < 1.29 is 0 Å². The van der Waals surface area contributed by atoms with E-state index in [4.69, 9.17) is 0 Å². The Morgan fingerprint density at radius 1 is 0.145 bits per heavy atom. The van der Waals surface area contributed by atoms with E-state index in [1.165, 1.54) is 44.5 Å². The Morgan fingerprint density at radius 2 is 0.371 bits per heavy atom. The first-order valence-corrected chi connectivity index (χ1v) is 21.2. The molecule has 0 aliphatic rings. The van der Waals surface area contributed by atoms with Crippen LogP contribution in [0.4, 0.5) is 34.1 Å². The molecule has 0 saturated carbocycles. The molecule has 0 aliphatic carbocycles. The van der Waals surface area contributed by atoms with Crippen molar-refractivity contribution >= 4 is 34.1 Å². The highest BCUT2D eigenvalue weighted by Gasteiger charge is 2.16. The van der Waals surface area contributed by atoms with Crippen molar-refractivity contribution in [1.29, 1.82) is 0 Å². The second kappa shape index (κ2) is 17.6. The van der Waals surface area contributed by atoms with Crippen LogP contribution in [0.1, 0.15) is 0 Å². The van der Waals surface area contributed by atoms with Crippen molar-refractivity contribution in [1.82, 2.24) is 0 Å². The number of para-hydroxylation sites is 2. The number of benzene rings is 10. The molecular formula is C60H44N2. The molecule has 0 aromatic heterocycles. The van der Waals surface area contributed by atoms with E-state index in [2.05, 4.69) is 277 Å². The summed E-state index contributed by atoms with van der Waals surface area (Å²) in [7, 11) is 0. The third-order valence-corrected chi connectivity index (χ3v) is 11.4. The maximum Gasteiger partial charge on any atom is 0.0467 e. The minimum Gasteiger partial charge on any atom is -0.310 e. The van der Waals surface area contributed by atoms with Crippen molar-refractivity contribution in [2.24, 2.45) is 0 Å². The minimum absolute atomic E-state index is 1.09. The van der Waals surface area contributed by atoms with Crippen LogP contribution in [0, 0.1) is 0 Å². The molecule has 0 bridgehead atoms. The Balaban J connectivity index is 0.945. The summed E-state index contributed by atoms with van der Waals surface area (Å²) in [6.45, 7) is 0. The summed E-state index contributed by atoms with van der Waals surface area (Å²) in [6, 6.07) is 95.5. The highest BCUT2D eigenvalue weighted by molar-refractivity contribution is 5.84. The van der Waals surface area contributed by atoms with E-state index in [-0.39, 0.29) is 0 Å². The monoisotopic (exact) mass is 792 g/mol. The largest absolute Gasteiger partial charge is 0.310 e. The minimum atomic E-state index is 1.09. The number of anilines is 6. The number of hydrogen-bond donors (Lipinski definition) is 0. The fourth-order valence-corrected chi connectivity index (χ4v) is 8.32. The van der Waals surface area contributed by atoms with Crippen molar-refractivity contribution in [3.8, 4) is 55.6 Å². The summed E-state index contributed by atoms with van der Waals surface area (Å²) in [6.07, 6.45) is 0. The van der Waals surface area contributed by atoms with E-state index in [0.717, 1.165) is 45.3 Å². The molecular weight excluding hydrogens is 749 g/mol. The normalized spacial score (nSPS) is 10.9. The zero-order valence-corrected chi connectivity index (χ0v) is 34.3. The zero-order chi connectivity index (χ0) is 41.5. The third kappa shape index (κ3) is 8.18. The first kappa shape index (κ1) is 38.0. The Labute approximate surface area is 364 Å². The molecule has 0 fully saturated rings. The molecule has 294 valence electrons. The van der Waals surface area contributed by atoms with Crippen LogP contribution in [-0.2, 0) is 0 Å². The lowest BCUT2D eigenvalue weighted by molar-refractivity contribution is 1.28. The summed E-state index contributed by atoms with van der Waals surface area (Å²) in [5, 5.41) is 0. The van der Waals surface area contributed by atoms with Gasteiger partial charge in [-0.1, -0.05) is 182 Å². The Hall–Kier alpha value is -8.20. The van der Waals surface area contributed by atoms with Crippen molar-refractivity contribution in [3.05, 3.63) is 267 Å². The molecule has 0 radical (unpaired) electrons. The van der Waals surface area contributed by atoms with Crippen LogP contribution in [0.3, 0.4) is 0 Å². The predicted molar refractivity (Wildman–Crippen MR) is 263 cm³/mol. The molecule has 0 amide bonds. The van der Waals surface area contributed by atoms with Gasteiger partial charge in [0.05, 0.1) is 0 Å². The highest BCUT2D eigenvalue weighted by Crippen LogP contribution is 2.40. The van der Waals surface area contributed by atoms with Gasteiger partial charge in [-0.3, -0.25) is 0 Å². The van der Waals surface area contributed by atoms with Gasteiger partial charge in [0.15, 0.2) is 0 Å². The van der Waals surface area contributed by atoms with E-state index >= 15 is 0 Å². The molecule has 62 heavy (non-hydrogen) atoms. The molecule has 0 aliphatic heterocycles. The highest BCUT2D eigenvalue weighted by atomic mass is 15.1. The van der Waals surface area contributed by atoms with Crippen LogP contribution in [0.5, 0.6) is 0 Å². The summed E-state index contributed by atoms with van der Waals surface area (Å²) >= 11 is 0. The molecule has 2 nitrogen and oxygen atoms in total. The molecule has 0 spiro atoms.